The minimum atomic E-state index is -0.557. The average molecular weight is 1620 g/mol. The van der Waals surface area contributed by atoms with E-state index in [9.17, 15) is 5.11 Å². The third kappa shape index (κ3) is 44.4. The molecule has 12 rings (SSSR count). The number of aliphatic hydroxyl groups is 1. The lowest BCUT2D eigenvalue weighted by molar-refractivity contribution is -0.313. The van der Waals surface area contributed by atoms with Crippen LogP contribution >= 0.6 is 0 Å². The first-order valence-corrected chi connectivity index (χ1v) is 47.1. The Bertz CT molecular complexity index is 2590. The summed E-state index contributed by atoms with van der Waals surface area (Å²) >= 11 is 0. The molecule has 668 valence electrons. The van der Waals surface area contributed by atoms with Crippen molar-refractivity contribution < 1.29 is 63.8 Å². The lowest BCUT2D eigenvalue weighted by Gasteiger charge is -2.49. The summed E-state index contributed by atoms with van der Waals surface area (Å²) in [5.74, 6) is 8.32. The maximum Gasteiger partial charge on any atom is 0.153 e. The molecule has 0 radical (unpaired) electrons. The Hall–Kier alpha value is -5.42. The Morgan fingerprint density at radius 3 is 1.16 bits per heavy atom. The van der Waals surface area contributed by atoms with E-state index in [-0.39, 0.29) is 42.5 Å². The number of allylic oxidation sites excluding steroid dienone is 7. The second-order valence-corrected chi connectivity index (χ2v) is 28.3. The van der Waals surface area contributed by atoms with Crippen LogP contribution in [0.5, 0.6) is 0 Å². The molecule has 13 nitrogen and oxygen atoms in total. The van der Waals surface area contributed by atoms with Gasteiger partial charge in [0.05, 0.1) is 5.60 Å². The third-order valence-corrected chi connectivity index (χ3v) is 22.6. The predicted octanol–water partition coefficient (Wildman–Crippen LogP) is 29.5. The van der Waals surface area contributed by atoms with Gasteiger partial charge in [-0.1, -0.05) is 345 Å². The summed E-state index contributed by atoms with van der Waals surface area (Å²) in [6.07, 6.45) is 93.1. The summed E-state index contributed by atoms with van der Waals surface area (Å²) in [4.78, 5) is 59.7. The second kappa shape index (κ2) is 82.3. The van der Waals surface area contributed by atoms with Gasteiger partial charge < -0.3 is 5.11 Å². The van der Waals surface area contributed by atoms with Crippen LogP contribution < -0.4 is 0 Å². The standard InChI is InChI=1S/C13H20O3.C13H20O2.3C13H18O2.C13H16O2.12C2H6/c1-3-15-16-11-7-5-9-13(14)8-4-6-10(2)12(11)13;5*1-3-14-15-12-9-5-8-11-7-4-6-10(2)13(11)12;12*1-2/h1,10-12,14H,4-9H2,2H3;1,10-13H,4-9H2,2H3;1,8,10,12-13H,4-7,9H2,2H3;1,7,10,12-13H,4-6,8-9H2,2H3;1,4,7,10-13H,5-6,8-9H2,2H3;1,4,7-8,10,12-13H,5-6,9H2,2H3;12*1-2H3. The van der Waals surface area contributed by atoms with Gasteiger partial charge in [-0.05, 0) is 206 Å². The van der Waals surface area contributed by atoms with Gasteiger partial charge in [0.2, 0.25) is 0 Å². The first-order valence-electron chi connectivity index (χ1n) is 47.1. The van der Waals surface area contributed by atoms with Gasteiger partial charge in [0.15, 0.2) is 36.6 Å². The summed E-state index contributed by atoms with van der Waals surface area (Å²) in [5, 5.41) is 10.6. The molecule has 21 atom stereocenters. The predicted molar refractivity (Wildman–Crippen MR) is 489 cm³/mol. The van der Waals surface area contributed by atoms with Gasteiger partial charge in [-0.3, -0.25) is 29.3 Å². The molecule has 13 heteroatoms. The summed E-state index contributed by atoms with van der Waals surface area (Å²) in [7, 11) is 0. The van der Waals surface area contributed by atoms with Crippen molar-refractivity contribution in [2.75, 3.05) is 0 Å². The summed E-state index contributed by atoms with van der Waals surface area (Å²) < 4.78 is 0. The number of hydrogen-bond donors (Lipinski definition) is 1. The lowest BCUT2D eigenvalue weighted by Crippen LogP contribution is -2.53. The molecule has 0 aromatic carbocycles. The molecule has 7 fully saturated rings. The normalized spacial score (nSPS) is 30.5. The molecule has 0 amide bonds. The Morgan fingerprint density at radius 2 is 0.670 bits per heavy atom. The molecular weight excluding hydrogens is 1430 g/mol. The minimum absolute atomic E-state index is 0.0508. The van der Waals surface area contributed by atoms with Gasteiger partial charge >= 0.3 is 0 Å². The van der Waals surface area contributed by atoms with Crippen LogP contribution in [-0.4, -0.2) is 47.3 Å². The average Bonchev–Trinajstić information content (AvgIpc) is 0.764. The van der Waals surface area contributed by atoms with Gasteiger partial charge in [0.25, 0.3) is 0 Å². The molecule has 12 aliphatic carbocycles. The SMILES string of the molecule is C#COOC1CCC=C2C=CCC(C)C21.C#COOC1CCC=C2CCCC(C)C21.C#COOC1CCCC2(O)CCCC(C)C12.C#COOC1CCCC2=CCCC(C)C21.C#COOC1CCCC2C=CCC(C)C21.C#COOC1CCCC2CCCC(C)C21.CC.CC.CC.CC.CC.CC.CC.CC.CC.CC.CC.CC. The van der Waals surface area contributed by atoms with Gasteiger partial charge in [0.1, 0.15) is 36.6 Å². The molecule has 115 heavy (non-hydrogen) atoms. The molecule has 0 bridgehead atoms. The number of terminal acetylenes is 6. The molecule has 0 aromatic rings. The van der Waals surface area contributed by atoms with Crippen molar-refractivity contribution in [1.82, 2.24) is 0 Å². The zero-order chi connectivity index (χ0) is 89.0. The molecule has 1 N–H and O–H groups in total. The summed E-state index contributed by atoms with van der Waals surface area (Å²) in [6.45, 7) is 61.7. The minimum Gasteiger partial charge on any atom is -0.389 e. The van der Waals surface area contributed by atoms with Gasteiger partial charge in [-0.2, -0.15) is 29.3 Å². The van der Waals surface area contributed by atoms with Crippen molar-refractivity contribution in [3.05, 3.63) is 59.3 Å². The van der Waals surface area contributed by atoms with Gasteiger partial charge in [-0.15, -0.1) is 0 Å². The highest BCUT2D eigenvalue weighted by atomic mass is 17.2. The van der Waals surface area contributed by atoms with Crippen molar-refractivity contribution in [2.45, 2.75) is 436 Å². The zero-order valence-electron chi connectivity index (χ0n) is 79.9. The molecule has 0 heterocycles. The first-order chi connectivity index (χ1) is 56.3. The maximum absolute atomic E-state index is 10.6. The van der Waals surface area contributed by atoms with Crippen LogP contribution in [0.1, 0.15) is 394 Å². The highest BCUT2D eigenvalue weighted by Crippen LogP contribution is 2.50. The van der Waals surface area contributed by atoms with Crippen LogP contribution in [0.15, 0.2) is 59.3 Å². The van der Waals surface area contributed by atoms with Crippen molar-refractivity contribution in [3.8, 4) is 75.2 Å². The van der Waals surface area contributed by atoms with E-state index in [1.807, 2.05) is 172 Å². The van der Waals surface area contributed by atoms with Gasteiger partial charge in [0, 0.05) is 23.7 Å². The van der Waals surface area contributed by atoms with Gasteiger partial charge in [-0.25, -0.2) is 0 Å². The highest BCUT2D eigenvalue weighted by Gasteiger charge is 2.50. The molecule has 0 aromatic heterocycles. The fraction of sp³-hybridized carbons (Fsp3) is 0.784. The highest BCUT2D eigenvalue weighted by molar-refractivity contribution is 5.29. The van der Waals surface area contributed by atoms with Crippen molar-refractivity contribution >= 4 is 0 Å². The van der Waals surface area contributed by atoms with E-state index in [4.69, 9.17) is 72.8 Å². The zero-order valence-corrected chi connectivity index (χ0v) is 79.9. The molecule has 0 aliphatic heterocycles. The summed E-state index contributed by atoms with van der Waals surface area (Å²) in [6, 6.07) is 0. The van der Waals surface area contributed by atoms with Crippen LogP contribution in [0.25, 0.3) is 0 Å². The van der Waals surface area contributed by atoms with Crippen LogP contribution in [0.3, 0.4) is 0 Å². The topological polar surface area (TPSA) is 131 Å². The Balaban J connectivity index is -0.000000294. The van der Waals surface area contributed by atoms with Crippen LogP contribution in [0.4, 0.5) is 0 Å². The second-order valence-electron chi connectivity index (χ2n) is 28.3. The van der Waals surface area contributed by atoms with Crippen molar-refractivity contribution in [3.63, 3.8) is 0 Å². The molecule has 12 aliphatic rings. The lowest BCUT2D eigenvalue weighted by atomic mass is 9.62. The Morgan fingerprint density at radius 1 is 0.322 bits per heavy atom. The fourth-order valence-electron chi connectivity index (χ4n) is 18.7. The van der Waals surface area contributed by atoms with E-state index in [0.29, 0.717) is 65.1 Å². The maximum atomic E-state index is 10.6. The van der Waals surface area contributed by atoms with Crippen molar-refractivity contribution in [2.24, 2.45) is 82.9 Å². The fourth-order valence-corrected chi connectivity index (χ4v) is 18.7. The number of rotatable bonds is 12. The first kappa shape index (κ1) is 120. The molecule has 7 saturated carbocycles. The Kier molecular flexibility index (Phi) is 86.2. The molecular formula is C102H182O13. The van der Waals surface area contributed by atoms with Crippen LogP contribution in [0.2, 0.25) is 0 Å². The van der Waals surface area contributed by atoms with E-state index in [1.54, 1.807) is 11.1 Å². The monoisotopic (exact) mass is 1620 g/mol. The van der Waals surface area contributed by atoms with E-state index >= 15 is 0 Å². The summed E-state index contributed by atoms with van der Waals surface area (Å²) in [5.41, 5.74) is 3.94. The smallest absolute Gasteiger partial charge is 0.153 e. The number of fused-ring (bicyclic) bond motifs is 6. The Labute approximate surface area is 713 Å². The quantitative estimate of drug-likeness (QED) is 0.0862. The van der Waals surface area contributed by atoms with Crippen molar-refractivity contribution in [1.29, 1.82) is 0 Å². The third-order valence-electron chi connectivity index (χ3n) is 22.6. The van der Waals surface area contributed by atoms with Crippen LogP contribution in [0, 0.1) is 158 Å². The van der Waals surface area contributed by atoms with E-state index in [2.05, 4.69) is 139 Å². The van der Waals surface area contributed by atoms with E-state index < -0.39 is 5.60 Å². The van der Waals surface area contributed by atoms with E-state index in [0.717, 1.165) is 108 Å². The molecule has 21 unspecified atom stereocenters. The van der Waals surface area contributed by atoms with E-state index in [1.165, 1.54) is 95.5 Å². The number of hydrogen-bond acceptors (Lipinski definition) is 13. The largest absolute Gasteiger partial charge is 0.389 e. The molecule has 0 spiro atoms. The molecule has 0 saturated heterocycles. The van der Waals surface area contributed by atoms with Crippen LogP contribution in [-0.2, 0) is 58.7 Å².